The molecule has 3 heteroatoms. The van der Waals surface area contributed by atoms with Crippen LogP contribution in [0.15, 0.2) is 4.99 Å². The highest BCUT2D eigenvalue weighted by Gasteiger charge is 2.18. The monoisotopic (exact) mass is 184 g/mol. The summed E-state index contributed by atoms with van der Waals surface area (Å²) in [5.41, 5.74) is -0.0229. The van der Waals surface area contributed by atoms with Crippen molar-refractivity contribution < 1.29 is 5.11 Å². The summed E-state index contributed by atoms with van der Waals surface area (Å²) in [5, 5.41) is 12.2. The lowest BCUT2D eigenvalue weighted by atomic mass is 10.0. The third kappa shape index (κ3) is 3.77. The number of hydrogen-bond acceptors (Lipinski definition) is 3. The number of aliphatic hydroxyl groups excluding tert-OH is 1. The molecule has 0 amide bonds. The Balaban J connectivity index is 2.41. The van der Waals surface area contributed by atoms with E-state index in [9.17, 15) is 0 Å². The predicted octanol–water partition coefficient (Wildman–Crippen LogP) is 1.32. The van der Waals surface area contributed by atoms with Gasteiger partial charge in [-0.3, -0.25) is 4.99 Å². The molecule has 13 heavy (non-hydrogen) atoms. The summed E-state index contributed by atoms with van der Waals surface area (Å²) >= 11 is 0. The molecule has 0 fully saturated rings. The van der Waals surface area contributed by atoms with E-state index < -0.39 is 0 Å². The van der Waals surface area contributed by atoms with Crippen molar-refractivity contribution in [1.82, 2.24) is 5.32 Å². The van der Waals surface area contributed by atoms with Gasteiger partial charge in [0.1, 0.15) is 0 Å². The molecule has 3 nitrogen and oxygen atoms in total. The lowest BCUT2D eigenvalue weighted by molar-refractivity contribution is 0.243. The summed E-state index contributed by atoms with van der Waals surface area (Å²) in [5.74, 6) is 1.12. The van der Waals surface area contributed by atoms with Crippen LogP contribution in [0.3, 0.4) is 0 Å². The van der Waals surface area contributed by atoms with Crippen LogP contribution >= 0.6 is 0 Å². The fourth-order valence-corrected chi connectivity index (χ4v) is 1.53. The highest BCUT2D eigenvalue weighted by molar-refractivity contribution is 5.83. The maximum absolute atomic E-state index is 8.85. The Kier molecular flexibility index (Phi) is 3.72. The lowest BCUT2D eigenvalue weighted by Crippen LogP contribution is -2.44. The summed E-state index contributed by atoms with van der Waals surface area (Å²) in [6.45, 7) is 5.38. The summed E-state index contributed by atoms with van der Waals surface area (Å²) in [7, 11) is 0. The van der Waals surface area contributed by atoms with Gasteiger partial charge in [-0.05, 0) is 33.1 Å². The van der Waals surface area contributed by atoms with Gasteiger partial charge >= 0.3 is 0 Å². The van der Waals surface area contributed by atoms with Gasteiger partial charge in [0, 0.05) is 25.1 Å². The molecule has 1 heterocycles. The van der Waals surface area contributed by atoms with E-state index >= 15 is 0 Å². The third-order valence-corrected chi connectivity index (χ3v) is 2.34. The zero-order chi connectivity index (χ0) is 9.73. The van der Waals surface area contributed by atoms with Crippen molar-refractivity contribution in [2.75, 3.05) is 13.2 Å². The molecule has 0 radical (unpaired) electrons. The zero-order valence-corrected chi connectivity index (χ0v) is 8.64. The van der Waals surface area contributed by atoms with Crippen LogP contribution in [0.25, 0.3) is 0 Å². The molecule has 0 saturated carbocycles. The maximum Gasteiger partial charge on any atom is 0.0967 e. The molecule has 1 rings (SSSR count). The fourth-order valence-electron chi connectivity index (χ4n) is 1.53. The van der Waals surface area contributed by atoms with Gasteiger partial charge in [-0.2, -0.15) is 0 Å². The van der Waals surface area contributed by atoms with Crippen molar-refractivity contribution in [3.8, 4) is 0 Å². The zero-order valence-electron chi connectivity index (χ0n) is 8.64. The molecule has 76 valence electrons. The molecule has 0 atom stereocenters. The number of aliphatic hydroxyl groups is 1. The van der Waals surface area contributed by atoms with Gasteiger partial charge in [-0.1, -0.05) is 0 Å². The van der Waals surface area contributed by atoms with Crippen molar-refractivity contribution in [3.63, 3.8) is 0 Å². The number of aliphatic imine (C=N–C) groups is 1. The van der Waals surface area contributed by atoms with E-state index in [1.165, 1.54) is 12.8 Å². The minimum absolute atomic E-state index is 0.0229. The Bertz CT molecular complexity index is 187. The molecular formula is C10H20N2O. The van der Waals surface area contributed by atoms with E-state index in [-0.39, 0.29) is 12.1 Å². The van der Waals surface area contributed by atoms with Crippen LogP contribution in [0.4, 0.5) is 0 Å². The van der Waals surface area contributed by atoms with Gasteiger partial charge in [-0.25, -0.2) is 0 Å². The first-order chi connectivity index (χ1) is 6.14. The first kappa shape index (κ1) is 10.5. The largest absolute Gasteiger partial charge is 0.396 e. The number of amidine groups is 1. The van der Waals surface area contributed by atoms with Gasteiger partial charge in [0.2, 0.25) is 0 Å². The Hall–Kier alpha value is -0.570. The Labute approximate surface area is 80.3 Å². The number of hydrogen-bond donors (Lipinski definition) is 2. The molecule has 2 N–H and O–H groups in total. The summed E-state index contributed by atoms with van der Waals surface area (Å²) < 4.78 is 0. The average Bonchev–Trinajstić information content (AvgIpc) is 2.04. The highest BCUT2D eigenvalue weighted by Crippen LogP contribution is 2.11. The first-order valence-electron chi connectivity index (χ1n) is 5.06. The quantitative estimate of drug-likeness (QED) is 0.695. The van der Waals surface area contributed by atoms with E-state index in [1.807, 2.05) is 0 Å². The molecule has 0 saturated heterocycles. The molecule has 0 unspecified atom stereocenters. The minimum Gasteiger partial charge on any atom is -0.396 e. The molecule has 1 aliphatic heterocycles. The van der Waals surface area contributed by atoms with Gasteiger partial charge in [-0.15, -0.1) is 0 Å². The van der Waals surface area contributed by atoms with E-state index in [0.717, 1.165) is 25.2 Å². The van der Waals surface area contributed by atoms with E-state index in [4.69, 9.17) is 5.11 Å². The minimum atomic E-state index is -0.0229. The molecular weight excluding hydrogens is 164 g/mol. The second kappa shape index (κ2) is 4.61. The second-order valence-electron chi connectivity index (χ2n) is 4.27. The number of nitrogens with one attached hydrogen (secondary N) is 1. The van der Waals surface area contributed by atoms with Crippen LogP contribution in [0.1, 0.15) is 39.5 Å². The molecule has 1 aliphatic rings. The van der Waals surface area contributed by atoms with Crippen molar-refractivity contribution in [3.05, 3.63) is 0 Å². The standard InChI is InChI=1S/C10H20N2O/c1-10(2,6-8-13)12-9-5-3-4-7-11-9/h13H,3-8H2,1-2H3,(H,11,12). The van der Waals surface area contributed by atoms with E-state index in [2.05, 4.69) is 24.2 Å². The number of nitrogens with zero attached hydrogens (tertiary/aromatic N) is 1. The topological polar surface area (TPSA) is 44.6 Å². The Morgan fingerprint density at radius 1 is 1.46 bits per heavy atom. The van der Waals surface area contributed by atoms with E-state index in [1.54, 1.807) is 0 Å². The molecule has 0 aromatic rings. The normalized spacial score (nSPS) is 18.2. The van der Waals surface area contributed by atoms with Crippen LogP contribution in [0.2, 0.25) is 0 Å². The van der Waals surface area contributed by atoms with Gasteiger partial charge < -0.3 is 10.4 Å². The van der Waals surface area contributed by atoms with Crippen LogP contribution in [0.5, 0.6) is 0 Å². The summed E-state index contributed by atoms with van der Waals surface area (Å²) in [6, 6.07) is 0. The van der Waals surface area contributed by atoms with E-state index in [0.29, 0.717) is 0 Å². The lowest BCUT2D eigenvalue weighted by Gasteiger charge is -2.28. The smallest absolute Gasteiger partial charge is 0.0967 e. The molecule has 0 spiro atoms. The maximum atomic E-state index is 8.85. The van der Waals surface area contributed by atoms with Crippen molar-refractivity contribution in [1.29, 1.82) is 0 Å². The second-order valence-corrected chi connectivity index (χ2v) is 4.27. The first-order valence-corrected chi connectivity index (χ1v) is 5.06. The van der Waals surface area contributed by atoms with Crippen molar-refractivity contribution in [2.24, 2.45) is 4.99 Å². The summed E-state index contributed by atoms with van der Waals surface area (Å²) in [4.78, 5) is 4.42. The molecule has 0 aliphatic carbocycles. The van der Waals surface area contributed by atoms with Gasteiger partial charge in [0.15, 0.2) is 0 Å². The SMILES string of the molecule is CC(C)(CCO)NC1=NCCCC1. The van der Waals surface area contributed by atoms with Crippen LogP contribution in [-0.2, 0) is 0 Å². The Morgan fingerprint density at radius 2 is 2.23 bits per heavy atom. The molecule has 0 bridgehead atoms. The predicted molar refractivity (Wildman–Crippen MR) is 55.1 cm³/mol. The highest BCUT2D eigenvalue weighted by atomic mass is 16.3. The average molecular weight is 184 g/mol. The van der Waals surface area contributed by atoms with Crippen LogP contribution in [-0.4, -0.2) is 29.6 Å². The number of rotatable bonds is 3. The van der Waals surface area contributed by atoms with Crippen LogP contribution in [0, 0.1) is 0 Å². The van der Waals surface area contributed by atoms with Gasteiger partial charge in [0.25, 0.3) is 0 Å². The van der Waals surface area contributed by atoms with Crippen molar-refractivity contribution >= 4 is 5.84 Å². The van der Waals surface area contributed by atoms with Gasteiger partial charge in [0.05, 0.1) is 5.84 Å². The van der Waals surface area contributed by atoms with Crippen LogP contribution < -0.4 is 5.32 Å². The van der Waals surface area contributed by atoms with Crippen molar-refractivity contribution in [2.45, 2.75) is 45.1 Å². The third-order valence-electron chi connectivity index (χ3n) is 2.34. The summed E-state index contributed by atoms with van der Waals surface area (Å²) in [6.07, 6.45) is 4.29. The fraction of sp³-hybridized carbons (Fsp3) is 0.900. The molecule has 0 aromatic heterocycles. The molecule has 0 aromatic carbocycles. The Morgan fingerprint density at radius 3 is 2.77 bits per heavy atom.